The molecule has 1 atom stereocenters. The fraction of sp³-hybridized carbons (Fsp3) is 0.286. The lowest BCUT2D eigenvalue weighted by Crippen LogP contribution is -2.07. The van der Waals surface area contributed by atoms with Crippen molar-refractivity contribution in [1.29, 1.82) is 5.26 Å². The highest BCUT2D eigenvalue weighted by Crippen LogP contribution is 2.25. The van der Waals surface area contributed by atoms with E-state index in [1.807, 2.05) is 30.8 Å². The maximum atomic E-state index is 10.7. The number of aromatic nitrogens is 2. The molecule has 0 saturated heterocycles. The molecule has 1 aromatic heterocycles. The van der Waals surface area contributed by atoms with Crippen molar-refractivity contribution >= 4 is 11.4 Å². The van der Waals surface area contributed by atoms with Crippen LogP contribution >= 0.6 is 0 Å². The number of nitro benzene ring substituents is 1. The van der Waals surface area contributed by atoms with Gasteiger partial charge in [-0.1, -0.05) is 0 Å². The van der Waals surface area contributed by atoms with Crippen molar-refractivity contribution in [3.63, 3.8) is 0 Å². The first-order valence-electron chi connectivity index (χ1n) is 6.52. The van der Waals surface area contributed by atoms with Gasteiger partial charge >= 0.3 is 0 Å². The number of benzene rings is 1. The molecule has 2 aromatic rings. The molecule has 0 bridgehead atoms. The molecule has 1 heterocycles. The Hall–Kier alpha value is -2.88. The summed E-state index contributed by atoms with van der Waals surface area (Å²) in [4.78, 5) is 10.2. The minimum Gasteiger partial charge on any atom is -0.377 e. The Morgan fingerprint density at radius 2 is 2.33 bits per heavy atom. The van der Waals surface area contributed by atoms with E-state index in [1.165, 1.54) is 12.1 Å². The Morgan fingerprint density at radius 1 is 1.57 bits per heavy atom. The number of anilines is 1. The van der Waals surface area contributed by atoms with Crippen LogP contribution in [-0.4, -0.2) is 14.7 Å². The van der Waals surface area contributed by atoms with E-state index in [0.717, 1.165) is 12.1 Å². The fourth-order valence-corrected chi connectivity index (χ4v) is 1.96. The van der Waals surface area contributed by atoms with Crippen molar-refractivity contribution in [2.75, 3.05) is 5.32 Å². The predicted octanol–water partition coefficient (Wildman–Crippen LogP) is 2.86. The summed E-state index contributed by atoms with van der Waals surface area (Å²) in [6.45, 7) is 4.73. The lowest BCUT2D eigenvalue weighted by molar-refractivity contribution is -0.384. The van der Waals surface area contributed by atoms with E-state index in [4.69, 9.17) is 5.26 Å². The van der Waals surface area contributed by atoms with Gasteiger partial charge in [-0.05, 0) is 19.9 Å². The molecule has 7 nitrogen and oxygen atoms in total. The molecule has 1 aromatic carbocycles. The molecule has 7 heteroatoms. The Kier molecular flexibility index (Phi) is 4.18. The molecule has 1 unspecified atom stereocenters. The molecule has 0 aliphatic carbocycles. The van der Waals surface area contributed by atoms with Crippen molar-refractivity contribution in [1.82, 2.24) is 9.78 Å². The first-order chi connectivity index (χ1) is 10.0. The lowest BCUT2D eigenvalue weighted by atomic mass is 10.1. The number of nitrogens with zero attached hydrogens (tertiary/aromatic N) is 4. The van der Waals surface area contributed by atoms with Gasteiger partial charge in [0.2, 0.25) is 0 Å². The maximum Gasteiger partial charge on any atom is 0.270 e. The molecule has 0 saturated carbocycles. The zero-order valence-electron chi connectivity index (χ0n) is 11.8. The third-order valence-corrected chi connectivity index (χ3v) is 3.18. The first-order valence-corrected chi connectivity index (χ1v) is 6.52. The van der Waals surface area contributed by atoms with Gasteiger partial charge in [0.1, 0.15) is 6.07 Å². The predicted molar refractivity (Wildman–Crippen MR) is 77.8 cm³/mol. The summed E-state index contributed by atoms with van der Waals surface area (Å²) in [6, 6.07) is 6.12. The van der Waals surface area contributed by atoms with E-state index < -0.39 is 4.92 Å². The van der Waals surface area contributed by atoms with E-state index in [0.29, 0.717) is 5.69 Å². The molecule has 1 N–H and O–H groups in total. The van der Waals surface area contributed by atoms with Crippen molar-refractivity contribution in [2.45, 2.75) is 26.4 Å². The summed E-state index contributed by atoms with van der Waals surface area (Å²) in [5.41, 5.74) is 1.71. The maximum absolute atomic E-state index is 10.7. The number of nitrogens with one attached hydrogen (secondary N) is 1. The molecular formula is C14H15N5O2. The van der Waals surface area contributed by atoms with Crippen LogP contribution < -0.4 is 5.32 Å². The van der Waals surface area contributed by atoms with E-state index >= 15 is 0 Å². The smallest absolute Gasteiger partial charge is 0.270 e. The zero-order valence-corrected chi connectivity index (χ0v) is 11.8. The number of hydrogen-bond acceptors (Lipinski definition) is 5. The summed E-state index contributed by atoms with van der Waals surface area (Å²) < 4.78 is 1.81. The van der Waals surface area contributed by atoms with Gasteiger partial charge in [0, 0.05) is 30.4 Å². The van der Waals surface area contributed by atoms with Crippen LogP contribution in [0.25, 0.3) is 0 Å². The van der Waals surface area contributed by atoms with Crippen LogP contribution in [0.15, 0.2) is 30.6 Å². The van der Waals surface area contributed by atoms with E-state index in [1.54, 1.807) is 12.3 Å². The Bertz CT molecular complexity index is 702. The van der Waals surface area contributed by atoms with E-state index in [9.17, 15) is 10.1 Å². The van der Waals surface area contributed by atoms with Gasteiger partial charge in [-0.3, -0.25) is 14.8 Å². The molecule has 0 radical (unpaired) electrons. The molecule has 0 aliphatic rings. The van der Waals surface area contributed by atoms with Gasteiger partial charge in [0.05, 0.1) is 28.4 Å². The SMILES string of the molecule is CCn1cc(C(C)Nc2ccc([N+](=O)[O-])cc2C#N)cn1. The standard InChI is InChI=1S/C14H15N5O2/c1-3-18-9-12(8-16-18)10(2)17-14-5-4-13(19(20)21)6-11(14)7-15/h4-6,8-10,17H,3H2,1-2H3. The molecule has 0 fully saturated rings. The van der Waals surface area contributed by atoms with Gasteiger partial charge in [-0.2, -0.15) is 10.4 Å². The number of aryl methyl sites for hydroxylation is 1. The van der Waals surface area contributed by atoms with Crippen molar-refractivity contribution in [3.05, 3.63) is 51.8 Å². The second-order valence-electron chi connectivity index (χ2n) is 4.59. The third kappa shape index (κ3) is 3.17. The third-order valence-electron chi connectivity index (χ3n) is 3.18. The first kappa shape index (κ1) is 14.5. The minimum absolute atomic E-state index is 0.0566. The number of hydrogen-bond donors (Lipinski definition) is 1. The Balaban J connectivity index is 2.22. The Morgan fingerprint density at radius 3 is 2.90 bits per heavy atom. The molecular weight excluding hydrogens is 270 g/mol. The van der Waals surface area contributed by atoms with Gasteiger partial charge in [-0.25, -0.2) is 0 Å². The normalized spacial score (nSPS) is 11.7. The van der Waals surface area contributed by atoms with Gasteiger partial charge in [0.25, 0.3) is 5.69 Å². The topological polar surface area (TPSA) is 96.8 Å². The van der Waals surface area contributed by atoms with Crippen LogP contribution in [-0.2, 0) is 6.54 Å². The highest BCUT2D eigenvalue weighted by Gasteiger charge is 2.14. The van der Waals surface area contributed by atoms with E-state index in [2.05, 4.69) is 10.4 Å². The highest BCUT2D eigenvalue weighted by molar-refractivity contribution is 5.62. The highest BCUT2D eigenvalue weighted by atomic mass is 16.6. The zero-order chi connectivity index (χ0) is 15.4. The largest absolute Gasteiger partial charge is 0.377 e. The number of nitro groups is 1. The number of rotatable bonds is 5. The monoisotopic (exact) mass is 285 g/mol. The van der Waals surface area contributed by atoms with E-state index in [-0.39, 0.29) is 17.3 Å². The average Bonchev–Trinajstić information content (AvgIpc) is 2.96. The van der Waals surface area contributed by atoms with Crippen LogP contribution in [0.4, 0.5) is 11.4 Å². The summed E-state index contributed by atoms with van der Waals surface area (Å²) in [5, 5.41) is 27.2. The molecule has 0 aliphatic heterocycles. The van der Waals surface area contributed by atoms with Crippen LogP contribution in [0, 0.1) is 21.4 Å². The van der Waals surface area contributed by atoms with Gasteiger partial charge < -0.3 is 5.32 Å². The molecule has 108 valence electrons. The number of nitriles is 1. The summed E-state index contributed by atoms with van der Waals surface area (Å²) >= 11 is 0. The quantitative estimate of drug-likeness (QED) is 0.673. The van der Waals surface area contributed by atoms with Crippen LogP contribution in [0.2, 0.25) is 0 Å². The average molecular weight is 285 g/mol. The molecule has 0 spiro atoms. The van der Waals surface area contributed by atoms with Crippen LogP contribution in [0.3, 0.4) is 0 Å². The molecule has 21 heavy (non-hydrogen) atoms. The van der Waals surface area contributed by atoms with Crippen LogP contribution in [0.5, 0.6) is 0 Å². The van der Waals surface area contributed by atoms with Gasteiger partial charge in [0.15, 0.2) is 0 Å². The van der Waals surface area contributed by atoms with Crippen LogP contribution in [0.1, 0.15) is 31.0 Å². The summed E-state index contributed by atoms with van der Waals surface area (Å²) in [6.07, 6.45) is 3.69. The van der Waals surface area contributed by atoms with Crippen molar-refractivity contribution in [3.8, 4) is 6.07 Å². The second-order valence-corrected chi connectivity index (χ2v) is 4.59. The second kappa shape index (κ2) is 6.05. The number of non-ortho nitro benzene ring substituents is 1. The summed E-state index contributed by atoms with van der Waals surface area (Å²) in [5.74, 6) is 0. The van der Waals surface area contributed by atoms with Crippen molar-refractivity contribution < 1.29 is 4.92 Å². The lowest BCUT2D eigenvalue weighted by Gasteiger charge is -2.14. The molecule has 2 rings (SSSR count). The Labute approximate surface area is 122 Å². The van der Waals surface area contributed by atoms with Gasteiger partial charge in [-0.15, -0.1) is 0 Å². The fourth-order valence-electron chi connectivity index (χ4n) is 1.96. The summed E-state index contributed by atoms with van der Waals surface area (Å²) in [7, 11) is 0. The van der Waals surface area contributed by atoms with Crippen molar-refractivity contribution in [2.24, 2.45) is 0 Å². The minimum atomic E-state index is -0.515. The molecule has 0 amide bonds.